The van der Waals surface area contributed by atoms with Gasteiger partial charge in [0.1, 0.15) is 5.78 Å². The molecule has 1 aromatic rings. The van der Waals surface area contributed by atoms with Gasteiger partial charge in [0.05, 0.1) is 16.2 Å². The van der Waals surface area contributed by atoms with Crippen LogP contribution in [0.25, 0.3) is 0 Å². The molecule has 130 valence electrons. The van der Waals surface area contributed by atoms with Crippen molar-refractivity contribution >= 4 is 21.6 Å². The van der Waals surface area contributed by atoms with Crippen LogP contribution in [0.5, 0.6) is 0 Å². The maximum absolute atomic E-state index is 12.2. The van der Waals surface area contributed by atoms with E-state index in [9.17, 15) is 23.1 Å². The van der Waals surface area contributed by atoms with Crippen molar-refractivity contribution in [3.8, 4) is 0 Å². The molecule has 0 spiro atoms. The first-order valence-corrected chi connectivity index (χ1v) is 9.66. The van der Waals surface area contributed by atoms with Crippen LogP contribution in [-0.2, 0) is 24.2 Å². The molecular formula is C17H20O6S. The van der Waals surface area contributed by atoms with Gasteiger partial charge < -0.3 is 9.84 Å². The number of carbonyl (C=O) groups is 2. The third-order valence-corrected chi connectivity index (χ3v) is 6.80. The molecule has 3 rings (SSSR count). The van der Waals surface area contributed by atoms with Crippen molar-refractivity contribution in [1.82, 2.24) is 0 Å². The number of benzene rings is 1. The zero-order valence-electron chi connectivity index (χ0n) is 13.2. The molecule has 0 bridgehead atoms. The number of rotatable bonds is 6. The van der Waals surface area contributed by atoms with Crippen LogP contribution in [0.2, 0.25) is 0 Å². The third kappa shape index (κ3) is 3.67. The summed E-state index contributed by atoms with van der Waals surface area (Å²) in [6.45, 7) is 0. The van der Waals surface area contributed by atoms with E-state index < -0.39 is 21.9 Å². The second-order valence-corrected chi connectivity index (χ2v) is 8.63. The standard InChI is InChI=1S/C17H20O6S/c18-12-3-5-13(6-4-12)23-16(17(19)20)11-1-7-14(8-2-11)24(21,22)15-9-10-15/h1-2,7-8,13,15-16H,3-6,9-10H2,(H,19,20). The Bertz CT molecular complexity index is 723. The van der Waals surface area contributed by atoms with Gasteiger partial charge in [0, 0.05) is 12.8 Å². The number of hydrogen-bond donors (Lipinski definition) is 1. The van der Waals surface area contributed by atoms with E-state index in [1.165, 1.54) is 24.3 Å². The number of aliphatic carboxylic acids is 1. The van der Waals surface area contributed by atoms with Gasteiger partial charge in [-0.25, -0.2) is 13.2 Å². The Labute approximate surface area is 140 Å². The van der Waals surface area contributed by atoms with Crippen molar-refractivity contribution in [2.75, 3.05) is 0 Å². The largest absolute Gasteiger partial charge is 0.479 e. The van der Waals surface area contributed by atoms with Crippen LogP contribution in [0.3, 0.4) is 0 Å². The normalized spacial score (nSPS) is 20.8. The molecule has 0 heterocycles. The average Bonchev–Trinajstić information content (AvgIpc) is 3.39. The predicted molar refractivity (Wildman–Crippen MR) is 85.4 cm³/mol. The highest BCUT2D eigenvalue weighted by molar-refractivity contribution is 7.92. The summed E-state index contributed by atoms with van der Waals surface area (Å²) >= 11 is 0. The minimum Gasteiger partial charge on any atom is -0.479 e. The van der Waals surface area contributed by atoms with E-state index in [-0.39, 0.29) is 22.0 Å². The predicted octanol–water partition coefficient (Wildman–Crippen LogP) is 2.28. The fraction of sp³-hybridized carbons (Fsp3) is 0.529. The fourth-order valence-electron chi connectivity index (χ4n) is 2.92. The van der Waals surface area contributed by atoms with Crippen molar-refractivity contribution in [3.05, 3.63) is 29.8 Å². The molecule has 2 fully saturated rings. The van der Waals surface area contributed by atoms with Gasteiger partial charge in [-0.2, -0.15) is 0 Å². The van der Waals surface area contributed by atoms with Gasteiger partial charge in [0.25, 0.3) is 0 Å². The molecule has 1 atom stereocenters. The first kappa shape index (κ1) is 17.1. The first-order chi connectivity index (χ1) is 11.4. The van der Waals surface area contributed by atoms with Gasteiger partial charge in [-0.3, -0.25) is 4.79 Å². The van der Waals surface area contributed by atoms with Crippen LogP contribution >= 0.6 is 0 Å². The van der Waals surface area contributed by atoms with Crippen LogP contribution < -0.4 is 0 Å². The fourth-order valence-corrected chi connectivity index (χ4v) is 4.58. The molecule has 1 unspecified atom stereocenters. The molecule has 0 aromatic heterocycles. The summed E-state index contributed by atoms with van der Waals surface area (Å²) < 4.78 is 30.0. The van der Waals surface area contributed by atoms with E-state index in [0.717, 1.165) is 0 Å². The van der Waals surface area contributed by atoms with E-state index in [2.05, 4.69) is 0 Å². The third-order valence-electron chi connectivity index (χ3n) is 4.52. The maximum atomic E-state index is 12.2. The lowest BCUT2D eigenvalue weighted by molar-refractivity contribution is -0.156. The first-order valence-electron chi connectivity index (χ1n) is 8.12. The van der Waals surface area contributed by atoms with E-state index in [4.69, 9.17) is 4.74 Å². The second-order valence-electron chi connectivity index (χ2n) is 6.41. The Kier molecular flexibility index (Phi) is 4.73. The topological polar surface area (TPSA) is 97.7 Å². The molecule has 0 amide bonds. The van der Waals surface area contributed by atoms with E-state index >= 15 is 0 Å². The number of hydrogen-bond acceptors (Lipinski definition) is 5. The van der Waals surface area contributed by atoms with E-state index in [1.54, 1.807) is 0 Å². The summed E-state index contributed by atoms with van der Waals surface area (Å²) in [6, 6.07) is 5.91. The van der Waals surface area contributed by atoms with Crippen molar-refractivity contribution in [2.45, 2.75) is 60.9 Å². The number of carboxylic acid groups (broad SMARTS) is 1. The molecular weight excluding hydrogens is 332 g/mol. The zero-order chi connectivity index (χ0) is 17.3. The number of Topliss-reactive ketones (excluding diaryl/α,β-unsaturated/α-hetero) is 1. The number of ketones is 1. The summed E-state index contributed by atoms with van der Waals surface area (Å²) in [4.78, 5) is 23.0. The molecule has 0 aliphatic heterocycles. The molecule has 2 aliphatic carbocycles. The summed E-state index contributed by atoms with van der Waals surface area (Å²) in [5.74, 6) is -0.943. The molecule has 24 heavy (non-hydrogen) atoms. The molecule has 7 heteroatoms. The lowest BCUT2D eigenvalue weighted by Crippen LogP contribution is -2.27. The van der Waals surface area contributed by atoms with Crippen molar-refractivity contribution in [2.24, 2.45) is 0 Å². The van der Waals surface area contributed by atoms with Gasteiger partial charge in [-0.1, -0.05) is 12.1 Å². The van der Waals surface area contributed by atoms with Crippen LogP contribution in [0.1, 0.15) is 50.2 Å². The number of sulfone groups is 1. The van der Waals surface area contributed by atoms with E-state index in [0.29, 0.717) is 44.1 Å². The lowest BCUT2D eigenvalue weighted by Gasteiger charge is -2.25. The Balaban J connectivity index is 1.74. The second kappa shape index (κ2) is 6.64. The molecule has 1 aromatic carbocycles. The Morgan fingerprint density at radius 2 is 1.67 bits per heavy atom. The van der Waals surface area contributed by atoms with Crippen LogP contribution in [-0.4, -0.2) is 36.6 Å². The molecule has 2 saturated carbocycles. The summed E-state index contributed by atoms with van der Waals surface area (Å²) in [6.07, 6.45) is 1.83. The molecule has 0 radical (unpaired) electrons. The Morgan fingerprint density at radius 3 is 2.17 bits per heavy atom. The zero-order valence-corrected chi connectivity index (χ0v) is 14.0. The highest BCUT2D eigenvalue weighted by Gasteiger charge is 2.37. The van der Waals surface area contributed by atoms with Crippen molar-refractivity contribution in [3.63, 3.8) is 0 Å². The number of carboxylic acids is 1. The summed E-state index contributed by atoms with van der Waals surface area (Å²) in [7, 11) is -3.29. The van der Waals surface area contributed by atoms with Crippen molar-refractivity contribution < 1.29 is 27.9 Å². The maximum Gasteiger partial charge on any atom is 0.337 e. The monoisotopic (exact) mass is 352 g/mol. The molecule has 1 N–H and O–H groups in total. The van der Waals surface area contributed by atoms with E-state index in [1.807, 2.05) is 0 Å². The van der Waals surface area contributed by atoms with Gasteiger partial charge in [0.15, 0.2) is 15.9 Å². The Hall–Kier alpha value is -1.73. The minimum absolute atomic E-state index is 0.177. The molecule has 6 nitrogen and oxygen atoms in total. The summed E-state index contributed by atoms with van der Waals surface area (Å²) in [5.41, 5.74) is 0.411. The summed E-state index contributed by atoms with van der Waals surface area (Å²) in [5, 5.41) is 9.13. The Morgan fingerprint density at radius 1 is 1.08 bits per heavy atom. The van der Waals surface area contributed by atoms with Gasteiger partial charge in [-0.15, -0.1) is 0 Å². The quantitative estimate of drug-likeness (QED) is 0.843. The average molecular weight is 352 g/mol. The SMILES string of the molecule is O=C1CCC(OC(C(=O)O)c2ccc(S(=O)(=O)C3CC3)cc2)CC1. The highest BCUT2D eigenvalue weighted by atomic mass is 32.2. The highest BCUT2D eigenvalue weighted by Crippen LogP contribution is 2.34. The number of ether oxygens (including phenoxy) is 1. The smallest absolute Gasteiger partial charge is 0.337 e. The van der Waals surface area contributed by atoms with Crippen LogP contribution in [0, 0.1) is 0 Å². The number of carbonyl (C=O) groups excluding carboxylic acids is 1. The van der Waals surface area contributed by atoms with Crippen LogP contribution in [0.15, 0.2) is 29.2 Å². The lowest BCUT2D eigenvalue weighted by atomic mass is 9.96. The van der Waals surface area contributed by atoms with Gasteiger partial charge in [0.2, 0.25) is 0 Å². The molecule has 2 aliphatic rings. The molecule has 0 saturated heterocycles. The van der Waals surface area contributed by atoms with Gasteiger partial charge in [-0.05, 0) is 43.4 Å². The minimum atomic E-state index is -3.29. The van der Waals surface area contributed by atoms with Crippen LogP contribution in [0.4, 0.5) is 0 Å². The van der Waals surface area contributed by atoms with Gasteiger partial charge >= 0.3 is 5.97 Å². The van der Waals surface area contributed by atoms with Crippen molar-refractivity contribution in [1.29, 1.82) is 0 Å².